The van der Waals surface area contributed by atoms with E-state index in [9.17, 15) is 4.79 Å². The number of hydrogen-bond donors (Lipinski definition) is 1. The summed E-state index contributed by atoms with van der Waals surface area (Å²) in [6.45, 7) is 2.74. The Kier molecular flexibility index (Phi) is 4.28. The summed E-state index contributed by atoms with van der Waals surface area (Å²) in [6.07, 6.45) is 2.48. The Morgan fingerprint density at radius 2 is 2.21 bits per heavy atom. The highest BCUT2D eigenvalue weighted by Gasteiger charge is 2.12. The zero-order chi connectivity index (χ0) is 13.7. The summed E-state index contributed by atoms with van der Waals surface area (Å²) >= 11 is 0. The monoisotopic (exact) mass is 263 g/mol. The Labute approximate surface area is 112 Å². The highest BCUT2D eigenvalue weighted by atomic mass is 16.7. The van der Waals surface area contributed by atoms with Gasteiger partial charge in [0, 0.05) is 23.9 Å². The number of fused-ring (bicyclic) bond motifs is 1. The topological polar surface area (TPSA) is 56.8 Å². The summed E-state index contributed by atoms with van der Waals surface area (Å²) in [4.78, 5) is 11.4. The molecule has 1 aromatic rings. The molecule has 1 aliphatic rings. The van der Waals surface area contributed by atoms with Crippen LogP contribution in [0.15, 0.2) is 29.8 Å². The number of esters is 1. The van der Waals surface area contributed by atoms with E-state index in [4.69, 9.17) is 14.2 Å². The van der Waals surface area contributed by atoms with Gasteiger partial charge in [0.2, 0.25) is 6.79 Å². The average Bonchev–Trinajstić information content (AvgIpc) is 2.90. The van der Waals surface area contributed by atoms with Gasteiger partial charge in [-0.2, -0.15) is 0 Å². The lowest BCUT2D eigenvalue weighted by Gasteiger charge is -2.06. The van der Waals surface area contributed by atoms with E-state index in [0.29, 0.717) is 18.5 Å². The van der Waals surface area contributed by atoms with Crippen LogP contribution in [0.5, 0.6) is 11.5 Å². The molecular formula is C14H17NO4. The second-order valence-electron chi connectivity index (χ2n) is 4.02. The van der Waals surface area contributed by atoms with E-state index in [2.05, 4.69) is 5.32 Å². The lowest BCUT2D eigenvalue weighted by Crippen LogP contribution is -2.07. The third-order valence-corrected chi connectivity index (χ3v) is 2.86. The Balaban J connectivity index is 1.95. The highest BCUT2D eigenvalue weighted by Crippen LogP contribution is 2.34. The molecule has 0 aromatic heterocycles. The number of carbonyl (C=O) groups is 1. The molecule has 0 radical (unpaired) electrons. The van der Waals surface area contributed by atoms with Gasteiger partial charge in [-0.05, 0) is 18.6 Å². The molecule has 0 bridgehead atoms. The first-order valence-corrected chi connectivity index (χ1v) is 6.15. The van der Waals surface area contributed by atoms with Gasteiger partial charge in [-0.25, -0.2) is 4.79 Å². The average molecular weight is 263 g/mol. The molecular weight excluding hydrogens is 246 g/mol. The van der Waals surface area contributed by atoms with E-state index in [1.54, 1.807) is 0 Å². The standard InChI is InChI=1S/C14H17NO4/c1-3-10(14(16)17-2)6-7-15-11-4-5-12-13(8-11)19-9-18-12/h4-6,8,15H,3,7,9H2,1-2H3/b10-6-. The fourth-order valence-electron chi connectivity index (χ4n) is 1.80. The van der Waals surface area contributed by atoms with Crippen molar-refractivity contribution >= 4 is 11.7 Å². The number of anilines is 1. The lowest BCUT2D eigenvalue weighted by molar-refractivity contribution is -0.136. The van der Waals surface area contributed by atoms with Gasteiger partial charge < -0.3 is 19.5 Å². The molecule has 0 aliphatic carbocycles. The fraction of sp³-hybridized carbons (Fsp3) is 0.357. The largest absolute Gasteiger partial charge is 0.466 e. The molecule has 0 unspecified atom stereocenters. The molecule has 0 spiro atoms. The van der Waals surface area contributed by atoms with Crippen molar-refractivity contribution in [3.63, 3.8) is 0 Å². The smallest absolute Gasteiger partial charge is 0.333 e. The maximum Gasteiger partial charge on any atom is 0.333 e. The molecule has 5 heteroatoms. The van der Waals surface area contributed by atoms with Crippen LogP contribution in [-0.2, 0) is 9.53 Å². The van der Waals surface area contributed by atoms with Crippen LogP contribution in [0, 0.1) is 0 Å². The first kappa shape index (κ1) is 13.3. The van der Waals surface area contributed by atoms with Crippen LogP contribution in [0.2, 0.25) is 0 Å². The Bertz CT molecular complexity index is 496. The number of ether oxygens (including phenoxy) is 3. The first-order valence-electron chi connectivity index (χ1n) is 6.15. The van der Waals surface area contributed by atoms with Crippen molar-refractivity contribution in [2.75, 3.05) is 25.8 Å². The molecule has 0 fully saturated rings. The second-order valence-corrected chi connectivity index (χ2v) is 4.02. The number of nitrogens with one attached hydrogen (secondary N) is 1. The molecule has 1 aromatic carbocycles. The minimum Gasteiger partial charge on any atom is -0.466 e. The number of carbonyl (C=O) groups excluding carboxylic acids is 1. The maximum absolute atomic E-state index is 11.4. The quantitative estimate of drug-likeness (QED) is 0.652. The molecule has 0 saturated heterocycles. The van der Waals surface area contributed by atoms with Gasteiger partial charge in [0.05, 0.1) is 7.11 Å². The Morgan fingerprint density at radius 3 is 2.95 bits per heavy atom. The Morgan fingerprint density at radius 1 is 1.42 bits per heavy atom. The van der Waals surface area contributed by atoms with Crippen LogP contribution < -0.4 is 14.8 Å². The zero-order valence-electron chi connectivity index (χ0n) is 11.1. The van der Waals surface area contributed by atoms with Crippen molar-refractivity contribution in [2.24, 2.45) is 0 Å². The van der Waals surface area contributed by atoms with Crippen LogP contribution >= 0.6 is 0 Å². The minimum atomic E-state index is -0.282. The summed E-state index contributed by atoms with van der Waals surface area (Å²) in [5, 5.41) is 3.20. The Hall–Kier alpha value is -2.17. The number of rotatable bonds is 5. The van der Waals surface area contributed by atoms with Crippen LogP contribution in [-0.4, -0.2) is 26.4 Å². The van der Waals surface area contributed by atoms with Gasteiger partial charge in [0.1, 0.15) is 0 Å². The number of hydrogen-bond acceptors (Lipinski definition) is 5. The van der Waals surface area contributed by atoms with Gasteiger partial charge >= 0.3 is 5.97 Å². The van der Waals surface area contributed by atoms with Crippen molar-refractivity contribution < 1.29 is 19.0 Å². The number of benzene rings is 1. The third-order valence-electron chi connectivity index (χ3n) is 2.86. The van der Waals surface area contributed by atoms with Gasteiger partial charge in [-0.3, -0.25) is 0 Å². The summed E-state index contributed by atoms with van der Waals surface area (Å²) in [5.74, 6) is 1.21. The highest BCUT2D eigenvalue weighted by molar-refractivity contribution is 5.88. The zero-order valence-corrected chi connectivity index (χ0v) is 11.1. The first-order chi connectivity index (χ1) is 9.24. The summed E-state index contributed by atoms with van der Waals surface area (Å²) in [7, 11) is 1.39. The molecule has 1 heterocycles. The van der Waals surface area contributed by atoms with Gasteiger partial charge in [0.15, 0.2) is 11.5 Å². The van der Waals surface area contributed by atoms with E-state index in [-0.39, 0.29) is 12.8 Å². The predicted octanol–water partition coefficient (Wildman–Crippen LogP) is 2.34. The van der Waals surface area contributed by atoms with E-state index in [0.717, 1.165) is 17.2 Å². The molecule has 19 heavy (non-hydrogen) atoms. The van der Waals surface area contributed by atoms with E-state index in [1.807, 2.05) is 31.2 Å². The molecule has 102 valence electrons. The molecule has 2 rings (SSSR count). The van der Waals surface area contributed by atoms with Crippen molar-refractivity contribution in [1.82, 2.24) is 0 Å². The van der Waals surface area contributed by atoms with Crippen LogP contribution in [0.4, 0.5) is 5.69 Å². The second kappa shape index (κ2) is 6.13. The molecule has 5 nitrogen and oxygen atoms in total. The lowest BCUT2D eigenvalue weighted by atomic mass is 10.2. The van der Waals surface area contributed by atoms with Crippen LogP contribution in [0.1, 0.15) is 13.3 Å². The van der Waals surface area contributed by atoms with Crippen LogP contribution in [0.25, 0.3) is 0 Å². The molecule has 0 saturated carbocycles. The number of methoxy groups -OCH3 is 1. The summed E-state index contributed by atoms with van der Waals surface area (Å²) in [5.41, 5.74) is 1.58. The van der Waals surface area contributed by atoms with Crippen LogP contribution in [0.3, 0.4) is 0 Å². The summed E-state index contributed by atoms with van der Waals surface area (Å²) in [6, 6.07) is 5.64. The van der Waals surface area contributed by atoms with Crippen molar-refractivity contribution in [1.29, 1.82) is 0 Å². The normalized spacial score (nSPS) is 13.3. The minimum absolute atomic E-state index is 0.265. The van der Waals surface area contributed by atoms with Gasteiger partial charge in [-0.15, -0.1) is 0 Å². The molecule has 0 amide bonds. The SMILES string of the molecule is CC/C(=C/CNc1ccc2c(c1)OCO2)C(=O)OC. The molecule has 1 aliphatic heterocycles. The molecule has 1 N–H and O–H groups in total. The fourth-order valence-corrected chi connectivity index (χ4v) is 1.80. The maximum atomic E-state index is 11.4. The van der Waals surface area contributed by atoms with Crippen molar-refractivity contribution in [3.05, 3.63) is 29.8 Å². The van der Waals surface area contributed by atoms with E-state index >= 15 is 0 Å². The van der Waals surface area contributed by atoms with E-state index < -0.39 is 0 Å². The third kappa shape index (κ3) is 3.19. The predicted molar refractivity (Wildman–Crippen MR) is 71.4 cm³/mol. The molecule has 0 atom stereocenters. The van der Waals surface area contributed by atoms with Crippen molar-refractivity contribution in [2.45, 2.75) is 13.3 Å². The summed E-state index contributed by atoms with van der Waals surface area (Å²) < 4.78 is 15.2. The van der Waals surface area contributed by atoms with Crippen molar-refractivity contribution in [3.8, 4) is 11.5 Å². The van der Waals surface area contributed by atoms with E-state index in [1.165, 1.54) is 7.11 Å². The van der Waals surface area contributed by atoms with Gasteiger partial charge in [-0.1, -0.05) is 13.0 Å². The van der Waals surface area contributed by atoms with Gasteiger partial charge in [0.25, 0.3) is 0 Å².